The molecule has 40 heavy (non-hydrogen) atoms. The van der Waals surface area contributed by atoms with Crippen molar-refractivity contribution in [2.24, 2.45) is 0 Å². The molecule has 2 atom stereocenters. The minimum Gasteiger partial charge on any atom is -0.650 e. The van der Waals surface area contributed by atoms with E-state index < -0.39 is 6.10 Å². The number of aliphatic hydroxyl groups is 1. The minimum absolute atomic E-state index is 0. The van der Waals surface area contributed by atoms with E-state index in [-0.39, 0.29) is 45.4 Å². The second-order valence-corrected chi connectivity index (χ2v) is 10.2. The molecule has 0 saturated heterocycles. The van der Waals surface area contributed by atoms with Crippen LogP contribution < -0.4 is 9.62 Å². The molecule has 2 heterocycles. The first-order valence-corrected chi connectivity index (χ1v) is 13.8. The number of benzene rings is 3. The number of fused-ring (bicyclic) bond motifs is 3. The first-order valence-electron chi connectivity index (χ1n) is 13.1. The van der Waals surface area contributed by atoms with Gasteiger partial charge in [-0.25, -0.2) is 5.26 Å². The molecule has 0 spiro atoms. The molecule has 0 bridgehead atoms. The molecule has 5 rings (SSSR count). The molecule has 7 nitrogen and oxygen atoms in total. The van der Waals surface area contributed by atoms with Crippen molar-refractivity contribution in [3.05, 3.63) is 98.9 Å². The summed E-state index contributed by atoms with van der Waals surface area (Å²) in [4.78, 5) is 9.65. The van der Waals surface area contributed by atoms with Gasteiger partial charge >= 0.3 is 0 Å². The van der Waals surface area contributed by atoms with Gasteiger partial charge in [-0.1, -0.05) is 60.8 Å². The van der Waals surface area contributed by atoms with E-state index in [0.717, 1.165) is 53.6 Å². The fraction of sp³-hybridized carbons (Fsp3) is 0.333. The summed E-state index contributed by atoms with van der Waals surface area (Å²) in [6.07, 6.45) is 0.427. The van der Waals surface area contributed by atoms with Gasteiger partial charge in [0.2, 0.25) is 0 Å². The zero-order valence-corrected chi connectivity index (χ0v) is 27.0. The Labute approximate surface area is 270 Å². The Morgan fingerprint density at radius 2 is 1.62 bits per heavy atom. The summed E-state index contributed by atoms with van der Waals surface area (Å²) >= 11 is 11.7. The molecule has 1 aromatic heterocycles. The molecule has 0 saturated carbocycles. The number of aromatic nitrogens is 1. The quantitative estimate of drug-likeness (QED) is 0.132. The molecular weight excluding hydrogens is 626 g/mol. The Bertz CT molecular complexity index is 1330. The van der Waals surface area contributed by atoms with E-state index in [4.69, 9.17) is 38.5 Å². The van der Waals surface area contributed by atoms with Crippen LogP contribution in [0.2, 0.25) is 10.0 Å². The van der Waals surface area contributed by atoms with Crippen LogP contribution in [-0.4, -0.2) is 59.1 Å². The minimum atomic E-state index is -0.501. The molecule has 3 N–H and O–H groups in total. The second-order valence-electron chi connectivity index (χ2n) is 9.33. The van der Waals surface area contributed by atoms with Gasteiger partial charge in [0.25, 0.3) is 0 Å². The van der Waals surface area contributed by atoms with Crippen molar-refractivity contribution < 1.29 is 52.7 Å². The Balaban J connectivity index is 0.000000377. The smallest absolute Gasteiger partial charge is 0.165 e. The first kappa shape index (κ1) is 32.8. The van der Waals surface area contributed by atoms with Gasteiger partial charge in [0.05, 0.1) is 0 Å². The molecule has 4 aromatic rings. The zero-order chi connectivity index (χ0) is 27.8. The molecule has 3 aromatic carbocycles. The van der Waals surface area contributed by atoms with Crippen LogP contribution in [0, 0.1) is 0 Å². The van der Waals surface area contributed by atoms with Crippen molar-refractivity contribution in [2.45, 2.75) is 32.4 Å². The number of likely N-dealkylation sites (N-methyl/N-ethyl adjacent to an activating group) is 1. The first-order chi connectivity index (χ1) is 18.9. The molecule has 1 aliphatic heterocycles. The number of H-pyrrole nitrogens is 1. The fourth-order valence-electron chi connectivity index (χ4n) is 4.68. The number of halogens is 2. The van der Waals surface area contributed by atoms with Crippen LogP contribution in [0.5, 0.6) is 11.5 Å². The molecule has 2 unspecified atom stereocenters. The summed E-state index contributed by atoms with van der Waals surface area (Å²) in [5, 5.41) is 25.7. The monoisotopic (exact) mass is 659 g/mol. The Hall–Kier alpha value is -1.68. The van der Waals surface area contributed by atoms with Crippen LogP contribution >= 0.6 is 23.2 Å². The number of nitrogens with one attached hydrogen (secondary N) is 1. The SMILES string of the molecule is CCN(CC)CC(O)COc1ccc(C2[N-]CCc3c2[nH]c2ccc(Cl)cc32)cc1.OOc1ccc(Cl)cc1.[Y]. The molecule has 0 fully saturated rings. The van der Waals surface area contributed by atoms with Crippen LogP contribution in [0.15, 0.2) is 66.7 Å². The number of nitrogens with zero attached hydrogens (tertiary/aromatic N) is 2. The number of hydrogen-bond acceptors (Lipinski definition) is 5. The molecule has 0 aliphatic carbocycles. The Kier molecular flexibility index (Phi) is 13.2. The van der Waals surface area contributed by atoms with Gasteiger partial charge in [-0.2, -0.15) is 0 Å². The van der Waals surface area contributed by atoms with Crippen LogP contribution in [0.3, 0.4) is 0 Å². The molecule has 1 radical (unpaired) electrons. The number of aliphatic hydroxyl groups excluding tert-OH is 1. The summed E-state index contributed by atoms with van der Waals surface area (Å²) in [7, 11) is 0. The number of ether oxygens (including phenoxy) is 1. The summed E-state index contributed by atoms with van der Waals surface area (Å²) < 4.78 is 5.80. The van der Waals surface area contributed by atoms with Crippen LogP contribution in [0.25, 0.3) is 16.2 Å². The van der Waals surface area contributed by atoms with Crippen molar-refractivity contribution in [1.29, 1.82) is 0 Å². The average Bonchev–Trinajstić information content (AvgIpc) is 3.34. The number of hydrogen-bond donors (Lipinski definition) is 3. The third kappa shape index (κ3) is 8.66. The van der Waals surface area contributed by atoms with E-state index in [1.807, 2.05) is 30.3 Å². The van der Waals surface area contributed by atoms with E-state index in [2.05, 4.69) is 40.8 Å². The third-order valence-electron chi connectivity index (χ3n) is 6.77. The summed E-state index contributed by atoms with van der Waals surface area (Å²) in [6.45, 7) is 7.76. The number of rotatable bonds is 9. The van der Waals surface area contributed by atoms with E-state index in [1.165, 1.54) is 10.9 Å². The zero-order valence-electron chi connectivity index (χ0n) is 22.7. The average molecular weight is 660 g/mol. The predicted molar refractivity (Wildman–Crippen MR) is 158 cm³/mol. The van der Waals surface area contributed by atoms with E-state index in [1.54, 1.807) is 24.3 Å². The van der Waals surface area contributed by atoms with E-state index in [9.17, 15) is 5.11 Å². The maximum atomic E-state index is 10.2. The van der Waals surface area contributed by atoms with Crippen LogP contribution in [0.1, 0.15) is 36.7 Å². The third-order valence-corrected chi connectivity index (χ3v) is 7.26. The van der Waals surface area contributed by atoms with Gasteiger partial charge in [-0.05, 0) is 79.7 Å². The Morgan fingerprint density at radius 3 is 2.27 bits per heavy atom. The summed E-state index contributed by atoms with van der Waals surface area (Å²) in [6, 6.07) is 20.4. The predicted octanol–water partition coefficient (Wildman–Crippen LogP) is 7.11. The van der Waals surface area contributed by atoms with E-state index in [0.29, 0.717) is 17.3 Å². The van der Waals surface area contributed by atoms with Crippen LogP contribution in [-0.2, 0) is 39.1 Å². The van der Waals surface area contributed by atoms with Crippen molar-refractivity contribution in [3.63, 3.8) is 0 Å². The largest absolute Gasteiger partial charge is 0.650 e. The number of aromatic amines is 1. The Morgan fingerprint density at radius 1 is 0.975 bits per heavy atom. The summed E-state index contributed by atoms with van der Waals surface area (Å²) in [5.74, 6) is 1.15. The standard InChI is InChI=1S/C24H29ClN3O2.C6H5ClO2.Y/c1-3-28(4-2)14-18(29)15-30-19-8-5-16(6-9-19)23-24-20(11-12-26-23)21-13-17(25)7-10-22(21)27-24;7-5-1-3-6(9-8)4-2-5;/h5-10,13,18,23,27,29H,3-4,11-12,14-15H2,1-2H3;1-4,8H;/q-1;;. The van der Waals surface area contributed by atoms with Gasteiger partial charge in [0, 0.05) is 65.9 Å². The maximum Gasteiger partial charge on any atom is 0.165 e. The van der Waals surface area contributed by atoms with Gasteiger partial charge in [0.1, 0.15) is 18.5 Å². The molecule has 0 amide bonds. The van der Waals surface area contributed by atoms with Crippen molar-refractivity contribution >= 4 is 34.1 Å². The van der Waals surface area contributed by atoms with Crippen molar-refractivity contribution in [1.82, 2.24) is 9.88 Å². The van der Waals surface area contributed by atoms with E-state index >= 15 is 0 Å². The molecular formula is C30H34Cl2N3O4Y-. The molecule has 211 valence electrons. The van der Waals surface area contributed by atoms with Crippen molar-refractivity contribution in [2.75, 3.05) is 32.8 Å². The molecule has 1 aliphatic rings. The normalized spacial score (nSPS) is 15.0. The fourth-order valence-corrected chi connectivity index (χ4v) is 4.98. The van der Waals surface area contributed by atoms with Gasteiger partial charge in [-0.3, -0.25) is 0 Å². The van der Waals surface area contributed by atoms with Gasteiger partial charge < -0.3 is 29.9 Å². The van der Waals surface area contributed by atoms with Gasteiger partial charge in [-0.15, -0.1) is 6.54 Å². The maximum absolute atomic E-state index is 10.2. The topological polar surface area (TPSA) is 92.1 Å². The second kappa shape index (κ2) is 16.1. The van der Waals surface area contributed by atoms with Crippen LogP contribution in [0.4, 0.5) is 0 Å². The van der Waals surface area contributed by atoms with Crippen molar-refractivity contribution in [3.8, 4) is 11.5 Å². The van der Waals surface area contributed by atoms with Gasteiger partial charge in [0.15, 0.2) is 5.75 Å². The molecule has 10 heteroatoms. The summed E-state index contributed by atoms with van der Waals surface area (Å²) in [5.41, 5.74) is 4.70.